The summed E-state index contributed by atoms with van der Waals surface area (Å²) in [5, 5.41) is 0. The van der Waals surface area contributed by atoms with Crippen molar-refractivity contribution >= 4 is 11.7 Å². The molecule has 4 rings (SSSR count). The normalized spacial score (nSPS) is 13.4. The summed E-state index contributed by atoms with van der Waals surface area (Å²) in [5.74, 6) is 7.05. The fraction of sp³-hybridized carbons (Fsp3) is 0.200. The minimum atomic E-state index is -0.340. The van der Waals surface area contributed by atoms with E-state index >= 15 is 0 Å². The zero-order chi connectivity index (χ0) is 21.6. The number of carbonyl (C=O) groups is 1. The lowest BCUT2D eigenvalue weighted by atomic mass is 10.1. The Balaban J connectivity index is 1.50. The minimum Gasteiger partial charge on any atom is -0.495 e. The molecule has 1 aliphatic heterocycles. The van der Waals surface area contributed by atoms with Gasteiger partial charge in [0.1, 0.15) is 17.4 Å². The Kier molecular flexibility index (Phi) is 6.13. The van der Waals surface area contributed by atoms with E-state index in [9.17, 15) is 9.18 Å². The largest absolute Gasteiger partial charge is 0.495 e. The maximum Gasteiger partial charge on any atom is 0.254 e. The van der Waals surface area contributed by atoms with Crippen molar-refractivity contribution < 1.29 is 13.9 Å². The molecule has 0 saturated carbocycles. The maximum atomic E-state index is 13.4. The van der Waals surface area contributed by atoms with Crippen LogP contribution in [0.25, 0.3) is 0 Å². The smallest absolute Gasteiger partial charge is 0.254 e. The first-order chi connectivity index (χ1) is 15.1. The van der Waals surface area contributed by atoms with Crippen molar-refractivity contribution in [1.29, 1.82) is 0 Å². The molecule has 0 aliphatic carbocycles. The van der Waals surface area contributed by atoms with E-state index in [1.54, 1.807) is 43.6 Å². The molecule has 156 valence electrons. The van der Waals surface area contributed by atoms with E-state index in [-0.39, 0.29) is 11.7 Å². The SMILES string of the molecule is COc1ccc(C(=O)N2CCN(c3ccccn3)CC2)cc1C#Cc1cccc(F)c1. The Hall–Kier alpha value is -3.85. The Labute approximate surface area is 181 Å². The second-order valence-electron chi connectivity index (χ2n) is 7.14. The molecule has 0 atom stereocenters. The summed E-state index contributed by atoms with van der Waals surface area (Å²) in [6.07, 6.45) is 1.77. The quantitative estimate of drug-likeness (QED) is 0.614. The van der Waals surface area contributed by atoms with Crippen LogP contribution in [0.2, 0.25) is 0 Å². The number of hydrogen-bond donors (Lipinski definition) is 0. The lowest BCUT2D eigenvalue weighted by molar-refractivity contribution is 0.0746. The number of aromatic nitrogens is 1. The van der Waals surface area contributed by atoms with Gasteiger partial charge in [-0.1, -0.05) is 24.0 Å². The van der Waals surface area contributed by atoms with Crippen LogP contribution in [0.15, 0.2) is 66.9 Å². The summed E-state index contributed by atoms with van der Waals surface area (Å²) in [7, 11) is 1.56. The van der Waals surface area contributed by atoms with Gasteiger partial charge in [-0.2, -0.15) is 0 Å². The number of benzene rings is 2. The van der Waals surface area contributed by atoms with Gasteiger partial charge >= 0.3 is 0 Å². The highest BCUT2D eigenvalue weighted by Crippen LogP contribution is 2.21. The molecule has 0 unspecified atom stereocenters. The number of methoxy groups -OCH3 is 1. The zero-order valence-electron chi connectivity index (χ0n) is 17.2. The van der Waals surface area contributed by atoms with Crippen LogP contribution in [0.5, 0.6) is 5.75 Å². The molecule has 0 spiro atoms. The van der Waals surface area contributed by atoms with Crippen molar-refractivity contribution in [3.63, 3.8) is 0 Å². The van der Waals surface area contributed by atoms with Gasteiger partial charge in [0.2, 0.25) is 0 Å². The predicted molar refractivity (Wildman–Crippen MR) is 118 cm³/mol. The predicted octanol–water partition coefficient (Wildman–Crippen LogP) is 3.59. The van der Waals surface area contributed by atoms with Crippen LogP contribution in [0.4, 0.5) is 10.2 Å². The van der Waals surface area contributed by atoms with Gasteiger partial charge in [-0.25, -0.2) is 9.37 Å². The number of hydrogen-bond acceptors (Lipinski definition) is 4. The highest BCUT2D eigenvalue weighted by molar-refractivity contribution is 5.95. The minimum absolute atomic E-state index is 0.0443. The Morgan fingerprint density at radius 1 is 1.00 bits per heavy atom. The van der Waals surface area contributed by atoms with Crippen molar-refractivity contribution in [2.24, 2.45) is 0 Å². The molecule has 3 aromatic rings. The summed E-state index contributed by atoms with van der Waals surface area (Å²) in [5.41, 5.74) is 1.70. The molecular weight excluding hydrogens is 393 g/mol. The maximum absolute atomic E-state index is 13.4. The highest BCUT2D eigenvalue weighted by Gasteiger charge is 2.23. The van der Waals surface area contributed by atoms with Gasteiger partial charge in [0, 0.05) is 43.5 Å². The van der Waals surface area contributed by atoms with Gasteiger partial charge in [0.05, 0.1) is 12.7 Å². The van der Waals surface area contributed by atoms with E-state index < -0.39 is 0 Å². The van der Waals surface area contributed by atoms with Crippen LogP contribution in [-0.4, -0.2) is 49.1 Å². The number of anilines is 1. The number of amides is 1. The van der Waals surface area contributed by atoms with Crippen molar-refractivity contribution in [1.82, 2.24) is 9.88 Å². The van der Waals surface area contributed by atoms with E-state index in [4.69, 9.17) is 4.74 Å². The van der Waals surface area contributed by atoms with Crippen molar-refractivity contribution in [2.45, 2.75) is 0 Å². The number of carbonyl (C=O) groups excluding carboxylic acids is 1. The molecule has 0 N–H and O–H groups in total. The monoisotopic (exact) mass is 415 g/mol. The van der Waals surface area contributed by atoms with Crippen LogP contribution >= 0.6 is 0 Å². The van der Waals surface area contributed by atoms with E-state index in [1.165, 1.54) is 12.1 Å². The van der Waals surface area contributed by atoms with Crippen molar-refractivity contribution in [2.75, 3.05) is 38.2 Å². The number of piperazine rings is 1. The second-order valence-corrected chi connectivity index (χ2v) is 7.14. The molecular formula is C25H22FN3O2. The van der Waals surface area contributed by atoms with Crippen LogP contribution in [0.3, 0.4) is 0 Å². The lowest BCUT2D eigenvalue weighted by Gasteiger charge is -2.35. The number of pyridine rings is 1. The number of halogens is 1. The standard InChI is InChI=1S/C25H22FN3O2/c1-31-23-11-10-21(18-20(23)9-8-19-5-4-6-22(26)17-19)25(30)29-15-13-28(14-16-29)24-7-2-3-12-27-24/h2-7,10-12,17-18H,13-16H2,1H3. The number of nitrogens with zero attached hydrogens (tertiary/aromatic N) is 3. The lowest BCUT2D eigenvalue weighted by Crippen LogP contribution is -2.49. The summed E-state index contributed by atoms with van der Waals surface area (Å²) >= 11 is 0. The van der Waals surface area contributed by atoms with Gasteiger partial charge in [-0.05, 0) is 48.5 Å². The van der Waals surface area contributed by atoms with Crippen molar-refractivity contribution in [3.05, 3.63) is 89.4 Å². The molecule has 0 bridgehead atoms. The van der Waals surface area contributed by atoms with Crippen LogP contribution < -0.4 is 9.64 Å². The van der Waals surface area contributed by atoms with Crippen LogP contribution in [0, 0.1) is 17.7 Å². The molecule has 1 aliphatic rings. The first kappa shape index (κ1) is 20.4. The van der Waals surface area contributed by atoms with Gasteiger partial charge in [-0.15, -0.1) is 0 Å². The molecule has 5 nitrogen and oxygen atoms in total. The molecule has 1 amide bonds. The van der Waals surface area contributed by atoms with Gasteiger partial charge in [-0.3, -0.25) is 4.79 Å². The van der Waals surface area contributed by atoms with Gasteiger partial charge in [0.15, 0.2) is 0 Å². The number of ether oxygens (including phenoxy) is 1. The van der Waals surface area contributed by atoms with Gasteiger partial charge < -0.3 is 14.5 Å². The third-order valence-electron chi connectivity index (χ3n) is 5.15. The summed E-state index contributed by atoms with van der Waals surface area (Å²) in [4.78, 5) is 21.5. The van der Waals surface area contributed by atoms with E-state index in [1.807, 2.05) is 23.1 Å². The molecule has 2 heterocycles. The first-order valence-corrected chi connectivity index (χ1v) is 10.0. The fourth-order valence-corrected chi connectivity index (χ4v) is 3.51. The second kappa shape index (κ2) is 9.31. The molecule has 2 aromatic carbocycles. The van der Waals surface area contributed by atoms with Crippen molar-refractivity contribution in [3.8, 4) is 17.6 Å². The number of rotatable bonds is 3. The average molecular weight is 415 g/mol. The Morgan fingerprint density at radius 3 is 2.55 bits per heavy atom. The summed E-state index contributed by atoms with van der Waals surface area (Å²) in [6, 6.07) is 17.1. The third-order valence-corrected chi connectivity index (χ3v) is 5.15. The molecule has 6 heteroatoms. The molecule has 31 heavy (non-hydrogen) atoms. The molecule has 0 radical (unpaired) electrons. The summed E-state index contributed by atoms with van der Waals surface area (Å²) in [6.45, 7) is 2.69. The first-order valence-electron chi connectivity index (χ1n) is 10.0. The zero-order valence-corrected chi connectivity index (χ0v) is 17.2. The Morgan fingerprint density at radius 2 is 1.84 bits per heavy atom. The summed E-state index contributed by atoms with van der Waals surface area (Å²) < 4.78 is 18.8. The van der Waals surface area contributed by atoms with Crippen LogP contribution in [0.1, 0.15) is 21.5 Å². The topological polar surface area (TPSA) is 45.7 Å². The van der Waals surface area contributed by atoms with E-state index in [0.29, 0.717) is 35.5 Å². The van der Waals surface area contributed by atoms with Crippen LogP contribution in [-0.2, 0) is 0 Å². The molecule has 1 saturated heterocycles. The molecule has 1 aromatic heterocycles. The third kappa shape index (κ3) is 4.84. The Bertz CT molecular complexity index is 1130. The highest BCUT2D eigenvalue weighted by atomic mass is 19.1. The van der Waals surface area contributed by atoms with E-state index in [0.717, 1.165) is 18.9 Å². The average Bonchev–Trinajstić information content (AvgIpc) is 2.83. The van der Waals surface area contributed by atoms with Gasteiger partial charge in [0.25, 0.3) is 5.91 Å². The molecule has 1 fully saturated rings. The fourth-order valence-electron chi connectivity index (χ4n) is 3.51. The van der Waals surface area contributed by atoms with E-state index in [2.05, 4.69) is 21.7 Å².